The largest absolute Gasteiger partial charge is 0.381 e. The second-order valence-electron chi connectivity index (χ2n) is 7.03. The van der Waals surface area contributed by atoms with Crippen molar-refractivity contribution in [3.63, 3.8) is 0 Å². The molecule has 0 unspecified atom stereocenters. The average Bonchev–Trinajstić information content (AvgIpc) is 3.20. The summed E-state index contributed by atoms with van der Waals surface area (Å²) in [5.74, 6) is 1.25. The van der Waals surface area contributed by atoms with Crippen molar-refractivity contribution in [1.82, 2.24) is 15.0 Å². The quantitative estimate of drug-likeness (QED) is 0.868. The average molecular weight is 377 g/mol. The smallest absolute Gasteiger partial charge is 0.321 e. The Morgan fingerprint density at radius 3 is 2.88 bits per heavy atom. The number of rotatable bonds is 2. The standard InChI is InChI=1S/C18H21ClN4O3/c1-12-20-16(26-22-12)15-10-23(11-18(15)5-7-25-8-6-18)17(24)21-14-4-2-3-13(19)9-14/h2-4,9,15H,5-8,10-11H2,1H3,(H,21,24)/t15-/m1/s1. The van der Waals surface area contributed by atoms with Crippen molar-refractivity contribution in [2.45, 2.75) is 25.7 Å². The molecule has 2 saturated heterocycles. The molecule has 1 atom stereocenters. The first-order valence-electron chi connectivity index (χ1n) is 8.75. The van der Waals surface area contributed by atoms with Crippen LogP contribution in [0.1, 0.15) is 30.5 Å². The minimum atomic E-state index is -0.142. The Morgan fingerprint density at radius 1 is 1.38 bits per heavy atom. The summed E-state index contributed by atoms with van der Waals surface area (Å²) in [5.41, 5.74) is 0.601. The van der Waals surface area contributed by atoms with E-state index in [-0.39, 0.29) is 17.4 Å². The van der Waals surface area contributed by atoms with Gasteiger partial charge in [0.05, 0.1) is 5.92 Å². The molecule has 138 valence electrons. The van der Waals surface area contributed by atoms with Gasteiger partial charge in [0.15, 0.2) is 5.82 Å². The highest BCUT2D eigenvalue weighted by atomic mass is 35.5. The second-order valence-corrected chi connectivity index (χ2v) is 7.46. The van der Waals surface area contributed by atoms with Crippen molar-refractivity contribution in [3.05, 3.63) is 41.0 Å². The highest BCUT2D eigenvalue weighted by Gasteiger charge is 2.51. The number of aromatic nitrogens is 2. The molecule has 0 saturated carbocycles. The zero-order chi connectivity index (χ0) is 18.1. The molecule has 2 aromatic rings. The molecule has 0 bridgehead atoms. The summed E-state index contributed by atoms with van der Waals surface area (Å²) >= 11 is 6.00. The molecule has 1 aromatic carbocycles. The lowest BCUT2D eigenvalue weighted by atomic mass is 9.72. The molecule has 2 aliphatic rings. The Labute approximate surface area is 156 Å². The summed E-state index contributed by atoms with van der Waals surface area (Å²) in [4.78, 5) is 19.1. The zero-order valence-electron chi connectivity index (χ0n) is 14.6. The molecule has 8 heteroatoms. The Hall–Kier alpha value is -2.12. The number of carbonyl (C=O) groups excluding carboxylic acids is 1. The van der Waals surface area contributed by atoms with Gasteiger partial charge in [-0.1, -0.05) is 22.8 Å². The molecule has 3 heterocycles. The number of hydrogen-bond acceptors (Lipinski definition) is 5. The summed E-state index contributed by atoms with van der Waals surface area (Å²) in [6.07, 6.45) is 1.75. The van der Waals surface area contributed by atoms with Crippen molar-refractivity contribution in [2.75, 3.05) is 31.6 Å². The number of anilines is 1. The molecule has 0 radical (unpaired) electrons. The van der Waals surface area contributed by atoms with E-state index in [2.05, 4.69) is 15.5 Å². The Kier molecular flexibility index (Phi) is 4.58. The van der Waals surface area contributed by atoms with Crippen LogP contribution in [0.5, 0.6) is 0 Å². The van der Waals surface area contributed by atoms with Crippen molar-refractivity contribution < 1.29 is 14.1 Å². The first-order chi connectivity index (χ1) is 12.6. The monoisotopic (exact) mass is 376 g/mol. The van der Waals surface area contributed by atoms with Crippen molar-refractivity contribution in [3.8, 4) is 0 Å². The molecule has 0 aliphatic carbocycles. The molecule has 1 spiro atoms. The van der Waals surface area contributed by atoms with Gasteiger partial charge in [0.2, 0.25) is 5.89 Å². The maximum absolute atomic E-state index is 12.8. The minimum absolute atomic E-state index is 0.0257. The number of nitrogens with one attached hydrogen (secondary N) is 1. The van der Waals surface area contributed by atoms with Crippen LogP contribution in [0.2, 0.25) is 5.02 Å². The van der Waals surface area contributed by atoms with Gasteiger partial charge in [-0.25, -0.2) is 4.79 Å². The zero-order valence-corrected chi connectivity index (χ0v) is 15.3. The van der Waals surface area contributed by atoms with Crippen LogP contribution < -0.4 is 5.32 Å². The van der Waals surface area contributed by atoms with Crippen LogP contribution in [0, 0.1) is 12.3 Å². The molecule has 4 rings (SSSR count). The number of halogens is 1. The summed E-state index contributed by atoms with van der Waals surface area (Å²) in [7, 11) is 0. The van der Waals surface area contributed by atoms with E-state index in [1.165, 1.54) is 0 Å². The number of carbonyl (C=O) groups is 1. The number of urea groups is 1. The van der Waals surface area contributed by atoms with Crippen LogP contribution in [0.4, 0.5) is 10.5 Å². The highest BCUT2D eigenvalue weighted by Crippen LogP contribution is 2.49. The van der Waals surface area contributed by atoms with Gasteiger partial charge in [0.1, 0.15) is 0 Å². The van der Waals surface area contributed by atoms with Gasteiger partial charge in [-0.2, -0.15) is 4.98 Å². The maximum Gasteiger partial charge on any atom is 0.321 e. The van der Waals surface area contributed by atoms with Gasteiger partial charge in [-0.3, -0.25) is 0 Å². The fourth-order valence-corrected chi connectivity index (χ4v) is 4.16. The number of benzene rings is 1. The molecule has 2 amide bonds. The van der Waals surface area contributed by atoms with Crippen LogP contribution in [-0.2, 0) is 4.74 Å². The number of nitrogens with zero attached hydrogens (tertiary/aromatic N) is 3. The molecular formula is C18H21ClN4O3. The molecular weight excluding hydrogens is 356 g/mol. The van der Waals surface area contributed by atoms with E-state index in [9.17, 15) is 4.79 Å². The molecule has 1 aromatic heterocycles. The predicted molar refractivity (Wildman–Crippen MR) is 96.3 cm³/mol. The van der Waals surface area contributed by atoms with Gasteiger partial charge in [-0.05, 0) is 38.0 Å². The topological polar surface area (TPSA) is 80.5 Å². The fraction of sp³-hybridized carbons (Fsp3) is 0.500. The molecule has 1 N–H and O–H groups in total. The van der Waals surface area contributed by atoms with Crippen molar-refractivity contribution >= 4 is 23.3 Å². The number of amides is 2. The third kappa shape index (κ3) is 3.29. The van der Waals surface area contributed by atoms with E-state index in [4.69, 9.17) is 20.9 Å². The van der Waals surface area contributed by atoms with Crippen LogP contribution in [0.25, 0.3) is 0 Å². The Bertz CT molecular complexity index is 803. The summed E-state index contributed by atoms with van der Waals surface area (Å²) in [6, 6.07) is 7.00. The van der Waals surface area contributed by atoms with Gasteiger partial charge in [0.25, 0.3) is 0 Å². The summed E-state index contributed by atoms with van der Waals surface area (Å²) in [6.45, 7) is 4.38. The third-order valence-electron chi connectivity index (χ3n) is 5.34. The van der Waals surface area contributed by atoms with Gasteiger partial charge >= 0.3 is 6.03 Å². The maximum atomic E-state index is 12.8. The van der Waals surface area contributed by atoms with E-state index in [0.29, 0.717) is 48.7 Å². The SMILES string of the molecule is Cc1noc([C@H]2CN(C(=O)Nc3cccc(Cl)c3)CC23CCOCC3)n1. The summed E-state index contributed by atoms with van der Waals surface area (Å²) < 4.78 is 11.0. The number of aryl methyl sites for hydroxylation is 1. The second kappa shape index (κ2) is 6.89. The number of likely N-dealkylation sites (tertiary alicyclic amines) is 1. The lowest BCUT2D eigenvalue weighted by Crippen LogP contribution is -2.38. The lowest BCUT2D eigenvalue weighted by molar-refractivity contribution is 0.00959. The van der Waals surface area contributed by atoms with Crippen LogP contribution in [0.15, 0.2) is 28.8 Å². The van der Waals surface area contributed by atoms with Crippen LogP contribution in [-0.4, -0.2) is 47.4 Å². The molecule has 2 fully saturated rings. The normalized spacial score (nSPS) is 21.9. The molecule has 2 aliphatic heterocycles. The number of hydrogen-bond donors (Lipinski definition) is 1. The van der Waals surface area contributed by atoms with E-state index < -0.39 is 0 Å². The predicted octanol–water partition coefficient (Wildman–Crippen LogP) is 3.46. The minimum Gasteiger partial charge on any atom is -0.381 e. The van der Waals surface area contributed by atoms with Crippen molar-refractivity contribution in [2.24, 2.45) is 5.41 Å². The third-order valence-corrected chi connectivity index (χ3v) is 5.58. The fourth-order valence-electron chi connectivity index (χ4n) is 3.97. The van der Waals surface area contributed by atoms with Gasteiger partial charge in [0, 0.05) is 42.4 Å². The van der Waals surface area contributed by atoms with E-state index >= 15 is 0 Å². The van der Waals surface area contributed by atoms with E-state index in [1.54, 1.807) is 12.1 Å². The first kappa shape index (κ1) is 17.3. The summed E-state index contributed by atoms with van der Waals surface area (Å²) in [5, 5.41) is 7.45. The Morgan fingerprint density at radius 2 is 2.19 bits per heavy atom. The molecule has 26 heavy (non-hydrogen) atoms. The van der Waals surface area contributed by atoms with E-state index in [0.717, 1.165) is 12.8 Å². The van der Waals surface area contributed by atoms with Gasteiger partial charge < -0.3 is 19.5 Å². The number of ether oxygens (including phenoxy) is 1. The first-order valence-corrected chi connectivity index (χ1v) is 9.13. The van der Waals surface area contributed by atoms with Crippen LogP contribution in [0.3, 0.4) is 0 Å². The van der Waals surface area contributed by atoms with Crippen LogP contribution >= 0.6 is 11.6 Å². The lowest BCUT2D eigenvalue weighted by Gasteiger charge is -2.36. The molecule has 7 nitrogen and oxygen atoms in total. The Balaban J connectivity index is 1.55. The van der Waals surface area contributed by atoms with Gasteiger partial charge in [-0.15, -0.1) is 0 Å². The van der Waals surface area contributed by atoms with Crippen molar-refractivity contribution in [1.29, 1.82) is 0 Å². The van der Waals surface area contributed by atoms with E-state index in [1.807, 2.05) is 24.0 Å². The highest BCUT2D eigenvalue weighted by molar-refractivity contribution is 6.30.